The third kappa shape index (κ3) is 4.94. The zero-order valence-electron chi connectivity index (χ0n) is 12.7. The van der Waals surface area contributed by atoms with Crippen LogP contribution in [0.15, 0.2) is 24.3 Å². The van der Waals surface area contributed by atoms with Gasteiger partial charge in [-0.1, -0.05) is 26.7 Å². The van der Waals surface area contributed by atoms with Gasteiger partial charge in [0.15, 0.2) is 0 Å². The quantitative estimate of drug-likeness (QED) is 0.749. The summed E-state index contributed by atoms with van der Waals surface area (Å²) in [5.74, 6) is 1.45. The van der Waals surface area contributed by atoms with E-state index in [9.17, 15) is 13.2 Å². The molecule has 0 spiro atoms. The van der Waals surface area contributed by atoms with Gasteiger partial charge in [0, 0.05) is 11.7 Å². The molecule has 0 heterocycles. The Morgan fingerprint density at radius 3 is 2.38 bits per heavy atom. The molecule has 1 N–H and O–H groups in total. The number of hydrogen-bond donors (Lipinski definition) is 1. The van der Waals surface area contributed by atoms with Gasteiger partial charge < -0.3 is 5.32 Å². The standard InChI is InChI=1S/C17H24F3N/c1-12(2)10-13-4-3-5-16(11-13)21-15-8-6-14(7-9-15)17(18,19)20/h6-9,12-13,16,21H,3-5,10-11H2,1-2H3. The molecule has 0 aromatic heterocycles. The van der Waals surface area contributed by atoms with Gasteiger partial charge in [-0.05, 0) is 55.4 Å². The average molecular weight is 299 g/mol. The fraction of sp³-hybridized carbons (Fsp3) is 0.647. The highest BCUT2D eigenvalue weighted by atomic mass is 19.4. The van der Waals surface area contributed by atoms with Gasteiger partial charge >= 0.3 is 6.18 Å². The number of benzene rings is 1. The summed E-state index contributed by atoms with van der Waals surface area (Å²) in [6.07, 6.45) is 1.70. The van der Waals surface area contributed by atoms with E-state index in [1.807, 2.05) is 0 Å². The largest absolute Gasteiger partial charge is 0.416 e. The van der Waals surface area contributed by atoms with E-state index in [0.717, 1.165) is 36.6 Å². The molecule has 1 aliphatic rings. The summed E-state index contributed by atoms with van der Waals surface area (Å²) in [7, 11) is 0. The fourth-order valence-corrected chi connectivity index (χ4v) is 3.29. The lowest BCUT2D eigenvalue weighted by Gasteiger charge is -2.31. The zero-order chi connectivity index (χ0) is 15.5. The van der Waals surface area contributed by atoms with Gasteiger partial charge in [0.1, 0.15) is 0 Å². The van der Waals surface area contributed by atoms with E-state index in [0.29, 0.717) is 12.0 Å². The van der Waals surface area contributed by atoms with Crippen LogP contribution in [0.2, 0.25) is 0 Å². The van der Waals surface area contributed by atoms with Crippen molar-refractivity contribution in [3.63, 3.8) is 0 Å². The first-order valence-corrected chi connectivity index (χ1v) is 7.78. The van der Waals surface area contributed by atoms with Crippen LogP contribution in [-0.4, -0.2) is 6.04 Å². The number of hydrogen-bond acceptors (Lipinski definition) is 1. The van der Waals surface area contributed by atoms with E-state index in [1.165, 1.54) is 31.4 Å². The van der Waals surface area contributed by atoms with Crippen molar-refractivity contribution in [3.8, 4) is 0 Å². The van der Waals surface area contributed by atoms with E-state index in [2.05, 4.69) is 19.2 Å². The molecule has 0 aliphatic heterocycles. The monoisotopic (exact) mass is 299 g/mol. The van der Waals surface area contributed by atoms with Crippen molar-refractivity contribution in [2.75, 3.05) is 5.32 Å². The van der Waals surface area contributed by atoms with Crippen molar-refractivity contribution in [3.05, 3.63) is 29.8 Å². The van der Waals surface area contributed by atoms with Crippen LogP contribution in [0.5, 0.6) is 0 Å². The minimum absolute atomic E-state index is 0.388. The van der Waals surface area contributed by atoms with Crippen LogP contribution in [-0.2, 0) is 6.18 Å². The SMILES string of the molecule is CC(C)CC1CCCC(Nc2ccc(C(F)(F)F)cc2)C1. The molecule has 1 aromatic carbocycles. The lowest BCUT2D eigenvalue weighted by Crippen LogP contribution is -2.28. The molecule has 1 saturated carbocycles. The van der Waals surface area contributed by atoms with E-state index in [1.54, 1.807) is 0 Å². The van der Waals surface area contributed by atoms with Crippen molar-refractivity contribution >= 4 is 5.69 Å². The van der Waals surface area contributed by atoms with Crippen molar-refractivity contribution in [2.45, 2.75) is 58.2 Å². The molecule has 1 aromatic rings. The van der Waals surface area contributed by atoms with E-state index >= 15 is 0 Å². The molecule has 2 unspecified atom stereocenters. The van der Waals surface area contributed by atoms with Crippen LogP contribution < -0.4 is 5.32 Å². The molecule has 2 rings (SSSR count). The van der Waals surface area contributed by atoms with Gasteiger partial charge in [0.2, 0.25) is 0 Å². The van der Waals surface area contributed by atoms with Crippen molar-refractivity contribution in [1.29, 1.82) is 0 Å². The van der Waals surface area contributed by atoms with Crippen molar-refractivity contribution in [2.24, 2.45) is 11.8 Å². The molecule has 1 nitrogen and oxygen atoms in total. The third-order valence-electron chi connectivity index (χ3n) is 4.17. The van der Waals surface area contributed by atoms with Gasteiger partial charge in [-0.3, -0.25) is 0 Å². The predicted molar refractivity (Wildman–Crippen MR) is 80.3 cm³/mol. The lowest BCUT2D eigenvalue weighted by molar-refractivity contribution is -0.137. The molecule has 1 fully saturated rings. The summed E-state index contributed by atoms with van der Waals surface area (Å²) in [6.45, 7) is 4.49. The maximum Gasteiger partial charge on any atom is 0.416 e. The fourth-order valence-electron chi connectivity index (χ4n) is 3.29. The van der Waals surface area contributed by atoms with E-state index in [4.69, 9.17) is 0 Å². The second-order valence-electron chi connectivity index (χ2n) is 6.58. The Morgan fingerprint density at radius 1 is 1.14 bits per heavy atom. The number of alkyl halides is 3. The summed E-state index contributed by atoms with van der Waals surface area (Å²) >= 11 is 0. The first-order chi connectivity index (χ1) is 9.84. The molecule has 0 amide bonds. The summed E-state index contributed by atoms with van der Waals surface area (Å²) in [5.41, 5.74) is 0.201. The second-order valence-corrected chi connectivity index (χ2v) is 6.58. The highest BCUT2D eigenvalue weighted by Crippen LogP contribution is 2.32. The predicted octanol–water partition coefficient (Wildman–Crippen LogP) is 5.72. The first-order valence-electron chi connectivity index (χ1n) is 7.78. The Morgan fingerprint density at radius 2 is 1.81 bits per heavy atom. The average Bonchev–Trinajstić information content (AvgIpc) is 2.38. The maximum absolute atomic E-state index is 12.5. The Bertz CT molecular complexity index is 436. The van der Waals surface area contributed by atoms with Crippen molar-refractivity contribution < 1.29 is 13.2 Å². The molecule has 0 bridgehead atoms. The van der Waals surface area contributed by atoms with Gasteiger partial charge in [-0.2, -0.15) is 13.2 Å². The number of halogens is 3. The Hall–Kier alpha value is -1.19. The maximum atomic E-state index is 12.5. The van der Waals surface area contributed by atoms with Crippen LogP contribution in [0, 0.1) is 11.8 Å². The number of anilines is 1. The summed E-state index contributed by atoms with van der Waals surface area (Å²) in [5, 5.41) is 3.40. The normalized spacial score (nSPS) is 23.3. The zero-order valence-corrected chi connectivity index (χ0v) is 12.7. The second kappa shape index (κ2) is 6.71. The number of nitrogens with one attached hydrogen (secondary N) is 1. The van der Waals surface area contributed by atoms with Gasteiger partial charge in [0.05, 0.1) is 5.56 Å². The smallest absolute Gasteiger partial charge is 0.382 e. The van der Waals surface area contributed by atoms with Gasteiger partial charge in [-0.15, -0.1) is 0 Å². The van der Waals surface area contributed by atoms with Crippen LogP contribution in [0.25, 0.3) is 0 Å². The van der Waals surface area contributed by atoms with Crippen LogP contribution >= 0.6 is 0 Å². The van der Waals surface area contributed by atoms with Gasteiger partial charge in [-0.25, -0.2) is 0 Å². The highest BCUT2D eigenvalue weighted by molar-refractivity contribution is 5.46. The van der Waals surface area contributed by atoms with Crippen molar-refractivity contribution in [1.82, 2.24) is 0 Å². The minimum atomic E-state index is -4.26. The Labute approximate surface area is 124 Å². The molecular weight excluding hydrogens is 275 g/mol. The highest BCUT2D eigenvalue weighted by Gasteiger charge is 2.30. The van der Waals surface area contributed by atoms with Crippen LogP contribution in [0.3, 0.4) is 0 Å². The molecule has 21 heavy (non-hydrogen) atoms. The summed E-state index contributed by atoms with van der Waals surface area (Å²) < 4.78 is 37.6. The molecule has 1 aliphatic carbocycles. The molecule has 0 saturated heterocycles. The first kappa shape index (κ1) is 16.2. The van der Waals surface area contributed by atoms with E-state index < -0.39 is 11.7 Å². The summed E-state index contributed by atoms with van der Waals surface area (Å²) in [4.78, 5) is 0. The van der Waals surface area contributed by atoms with Crippen LogP contribution in [0.1, 0.15) is 51.5 Å². The molecule has 118 valence electrons. The van der Waals surface area contributed by atoms with Crippen LogP contribution in [0.4, 0.5) is 18.9 Å². The Kier molecular flexibility index (Phi) is 5.17. The molecule has 2 atom stereocenters. The number of rotatable bonds is 4. The minimum Gasteiger partial charge on any atom is -0.382 e. The molecular formula is C17H24F3N. The molecule has 0 radical (unpaired) electrons. The molecule has 4 heteroatoms. The van der Waals surface area contributed by atoms with Gasteiger partial charge in [0.25, 0.3) is 0 Å². The lowest BCUT2D eigenvalue weighted by atomic mass is 9.81. The summed E-state index contributed by atoms with van der Waals surface area (Å²) in [6, 6.07) is 5.76. The topological polar surface area (TPSA) is 12.0 Å². The Balaban J connectivity index is 1.92. The van der Waals surface area contributed by atoms with E-state index in [-0.39, 0.29) is 0 Å². The third-order valence-corrected chi connectivity index (χ3v) is 4.17.